The lowest BCUT2D eigenvalue weighted by atomic mass is 9.81. The van der Waals surface area contributed by atoms with E-state index in [2.05, 4.69) is 23.6 Å². The monoisotopic (exact) mass is 431 g/mol. The fourth-order valence-electron chi connectivity index (χ4n) is 4.64. The number of hydrogen-bond acceptors (Lipinski definition) is 5. The van der Waals surface area contributed by atoms with Crippen molar-refractivity contribution in [2.45, 2.75) is 75.7 Å². The summed E-state index contributed by atoms with van der Waals surface area (Å²) in [7, 11) is 0. The molecule has 170 valence electrons. The maximum atomic E-state index is 12.1. The second-order valence-electron chi connectivity index (χ2n) is 8.57. The van der Waals surface area contributed by atoms with Gasteiger partial charge < -0.3 is 26.2 Å². The number of epoxide rings is 1. The SMILES string of the molecule is CCCCCC[C@H]1CN[C@H]2C=C/C(=C\C=C\C(=O)N[C@@H](CCC(N)=O)C(=O)O)[C@]23O[C@H]13. The van der Waals surface area contributed by atoms with Crippen LogP contribution < -0.4 is 16.4 Å². The van der Waals surface area contributed by atoms with Crippen molar-refractivity contribution in [2.75, 3.05) is 6.54 Å². The minimum absolute atomic E-state index is 0.0420. The van der Waals surface area contributed by atoms with Crippen molar-refractivity contribution in [1.82, 2.24) is 10.6 Å². The van der Waals surface area contributed by atoms with Crippen molar-refractivity contribution < 1.29 is 24.2 Å². The molecular weight excluding hydrogens is 398 g/mol. The molecule has 5 atom stereocenters. The Morgan fingerprint density at radius 2 is 2.19 bits per heavy atom. The van der Waals surface area contributed by atoms with E-state index in [0.717, 1.165) is 18.5 Å². The number of aliphatic carboxylic acids is 1. The Hall–Kier alpha value is -2.45. The Morgan fingerprint density at radius 3 is 2.90 bits per heavy atom. The first-order valence-electron chi connectivity index (χ1n) is 11.2. The molecule has 31 heavy (non-hydrogen) atoms. The van der Waals surface area contributed by atoms with Gasteiger partial charge in [-0.3, -0.25) is 9.59 Å². The van der Waals surface area contributed by atoms with Gasteiger partial charge in [-0.1, -0.05) is 56.9 Å². The fraction of sp³-hybridized carbons (Fsp3) is 0.609. The van der Waals surface area contributed by atoms with Crippen molar-refractivity contribution in [3.05, 3.63) is 36.0 Å². The molecule has 1 aliphatic carbocycles. The molecule has 2 saturated heterocycles. The van der Waals surface area contributed by atoms with Crippen LogP contribution in [0.4, 0.5) is 0 Å². The van der Waals surface area contributed by atoms with Gasteiger partial charge in [0.2, 0.25) is 11.8 Å². The standard InChI is InChI=1S/C23H33N3O5/c1-2-3-4-5-7-15-14-25-18-12-10-16(23(18)21(15)31-23)8-6-9-20(28)26-17(22(29)30)11-13-19(24)27/h6,8-10,12,15,17-18,21,25H,2-5,7,11,13-14H2,1H3,(H2,24,27)(H,26,28)(H,29,30)/b9-6+,16-8+/t15-,17-,18-,21+,23-/m0/s1. The maximum Gasteiger partial charge on any atom is 0.326 e. The van der Waals surface area contributed by atoms with Crippen LogP contribution in [0, 0.1) is 5.92 Å². The highest BCUT2D eigenvalue weighted by molar-refractivity contribution is 5.91. The van der Waals surface area contributed by atoms with Gasteiger partial charge in [0.05, 0.1) is 12.1 Å². The number of primary amides is 1. The van der Waals surface area contributed by atoms with E-state index in [1.807, 2.05) is 12.2 Å². The smallest absolute Gasteiger partial charge is 0.326 e. The van der Waals surface area contributed by atoms with Gasteiger partial charge in [-0.15, -0.1) is 0 Å². The summed E-state index contributed by atoms with van der Waals surface area (Å²) in [4.78, 5) is 34.2. The van der Waals surface area contributed by atoms with Gasteiger partial charge >= 0.3 is 5.97 Å². The van der Waals surface area contributed by atoms with Gasteiger partial charge in [-0.2, -0.15) is 0 Å². The van der Waals surface area contributed by atoms with E-state index in [1.165, 1.54) is 31.8 Å². The first kappa shape index (κ1) is 23.2. The summed E-state index contributed by atoms with van der Waals surface area (Å²) in [6.07, 6.45) is 15.1. The topological polar surface area (TPSA) is 134 Å². The van der Waals surface area contributed by atoms with Gasteiger partial charge in [-0.05, 0) is 18.4 Å². The predicted molar refractivity (Wildman–Crippen MR) is 116 cm³/mol. The summed E-state index contributed by atoms with van der Waals surface area (Å²) in [6, 6.07) is -0.998. The first-order valence-corrected chi connectivity index (χ1v) is 11.2. The van der Waals surface area contributed by atoms with Gasteiger partial charge in [0, 0.05) is 25.0 Å². The number of nitrogens with one attached hydrogen (secondary N) is 2. The normalized spacial score (nSPS) is 30.7. The van der Waals surface area contributed by atoms with Crippen LogP contribution in [-0.2, 0) is 19.1 Å². The molecule has 2 fully saturated rings. The molecule has 2 amide bonds. The zero-order valence-corrected chi connectivity index (χ0v) is 18.0. The van der Waals surface area contributed by atoms with Gasteiger partial charge in [0.15, 0.2) is 0 Å². The molecule has 8 nitrogen and oxygen atoms in total. The Labute approximate surface area is 183 Å². The summed E-state index contributed by atoms with van der Waals surface area (Å²) < 4.78 is 6.23. The van der Waals surface area contributed by atoms with Crippen LogP contribution in [0.5, 0.6) is 0 Å². The fourth-order valence-corrected chi connectivity index (χ4v) is 4.64. The third kappa shape index (κ3) is 5.43. The number of nitrogens with two attached hydrogens (primary N) is 1. The third-order valence-corrected chi connectivity index (χ3v) is 6.34. The molecule has 0 aromatic carbocycles. The Bertz CT molecular complexity index is 790. The molecule has 0 unspecified atom stereocenters. The zero-order chi connectivity index (χ0) is 22.4. The number of rotatable bonds is 12. The molecule has 2 heterocycles. The number of unbranched alkanes of at least 4 members (excludes halogenated alkanes) is 3. The van der Waals surface area contributed by atoms with E-state index in [1.54, 1.807) is 6.08 Å². The molecule has 0 aromatic heterocycles. The quantitative estimate of drug-likeness (QED) is 0.211. The highest BCUT2D eigenvalue weighted by Crippen LogP contribution is 2.56. The first-order chi connectivity index (χ1) is 14.9. The number of carbonyl (C=O) groups excluding carboxylic acids is 2. The Balaban J connectivity index is 1.55. The minimum Gasteiger partial charge on any atom is -0.480 e. The lowest BCUT2D eigenvalue weighted by Gasteiger charge is -2.29. The minimum atomic E-state index is -1.20. The number of piperidine rings is 1. The summed E-state index contributed by atoms with van der Waals surface area (Å²) in [5.74, 6) is -1.85. The molecule has 0 radical (unpaired) electrons. The molecule has 1 spiro atoms. The number of amides is 2. The molecule has 3 aliphatic rings. The molecule has 2 aliphatic heterocycles. The van der Waals surface area contributed by atoms with E-state index >= 15 is 0 Å². The van der Waals surface area contributed by atoms with E-state index < -0.39 is 23.8 Å². The van der Waals surface area contributed by atoms with E-state index in [4.69, 9.17) is 10.5 Å². The number of carboxylic acids is 1. The van der Waals surface area contributed by atoms with E-state index in [-0.39, 0.29) is 30.6 Å². The largest absolute Gasteiger partial charge is 0.480 e. The van der Waals surface area contributed by atoms with Crippen molar-refractivity contribution in [3.63, 3.8) is 0 Å². The number of hydrogen-bond donors (Lipinski definition) is 4. The lowest BCUT2D eigenvalue weighted by molar-refractivity contribution is -0.141. The van der Waals surface area contributed by atoms with E-state index in [0.29, 0.717) is 5.92 Å². The Morgan fingerprint density at radius 1 is 1.39 bits per heavy atom. The molecule has 0 aromatic rings. The number of carboxylic acid groups (broad SMARTS) is 1. The zero-order valence-electron chi connectivity index (χ0n) is 18.0. The number of ether oxygens (including phenoxy) is 1. The second kappa shape index (κ2) is 10.2. The van der Waals surface area contributed by atoms with Crippen LogP contribution >= 0.6 is 0 Å². The van der Waals surface area contributed by atoms with Crippen LogP contribution in [0.2, 0.25) is 0 Å². The predicted octanol–water partition coefficient (Wildman–Crippen LogP) is 1.57. The highest BCUT2D eigenvalue weighted by Gasteiger charge is 2.68. The lowest BCUT2D eigenvalue weighted by Crippen LogP contribution is -2.49. The molecule has 0 bridgehead atoms. The molecule has 0 saturated carbocycles. The van der Waals surface area contributed by atoms with Crippen LogP contribution in [0.15, 0.2) is 36.0 Å². The molecular formula is C23H33N3O5. The molecule has 8 heteroatoms. The van der Waals surface area contributed by atoms with Crippen molar-refractivity contribution >= 4 is 17.8 Å². The number of carbonyl (C=O) groups is 3. The summed E-state index contributed by atoms with van der Waals surface area (Å²) in [5.41, 5.74) is 5.75. The van der Waals surface area contributed by atoms with Crippen LogP contribution in [0.3, 0.4) is 0 Å². The van der Waals surface area contributed by atoms with Gasteiger partial charge in [0.1, 0.15) is 11.6 Å². The maximum absolute atomic E-state index is 12.1. The third-order valence-electron chi connectivity index (χ3n) is 6.34. The van der Waals surface area contributed by atoms with Gasteiger partial charge in [0.25, 0.3) is 0 Å². The van der Waals surface area contributed by atoms with E-state index in [9.17, 15) is 19.5 Å². The average Bonchev–Trinajstić information content (AvgIpc) is 3.39. The summed E-state index contributed by atoms with van der Waals surface area (Å²) in [5, 5.41) is 15.2. The van der Waals surface area contributed by atoms with Crippen LogP contribution in [-0.4, -0.2) is 53.2 Å². The van der Waals surface area contributed by atoms with Gasteiger partial charge in [-0.25, -0.2) is 4.79 Å². The molecule has 5 N–H and O–H groups in total. The number of allylic oxidation sites excluding steroid dienone is 2. The van der Waals surface area contributed by atoms with Crippen LogP contribution in [0.1, 0.15) is 51.9 Å². The van der Waals surface area contributed by atoms with Crippen molar-refractivity contribution in [2.24, 2.45) is 11.7 Å². The second-order valence-corrected chi connectivity index (χ2v) is 8.57. The summed E-state index contributed by atoms with van der Waals surface area (Å²) in [6.45, 7) is 3.17. The molecule has 3 rings (SSSR count). The van der Waals surface area contributed by atoms with Crippen molar-refractivity contribution in [1.29, 1.82) is 0 Å². The average molecular weight is 432 g/mol. The highest BCUT2D eigenvalue weighted by atomic mass is 16.6. The Kier molecular flexibility index (Phi) is 7.67. The van der Waals surface area contributed by atoms with Crippen LogP contribution in [0.25, 0.3) is 0 Å². The summed E-state index contributed by atoms with van der Waals surface area (Å²) >= 11 is 0. The van der Waals surface area contributed by atoms with Crippen molar-refractivity contribution in [3.8, 4) is 0 Å².